The summed E-state index contributed by atoms with van der Waals surface area (Å²) in [6.45, 7) is 5.89. The van der Waals surface area contributed by atoms with E-state index in [1.165, 1.54) is 28.6 Å². The number of carbonyl (C=O) groups is 2. The fourth-order valence-electron chi connectivity index (χ4n) is 3.38. The summed E-state index contributed by atoms with van der Waals surface area (Å²) in [4.78, 5) is 24.2. The summed E-state index contributed by atoms with van der Waals surface area (Å²) in [5, 5.41) is 2.75. The molecule has 2 rings (SSSR count). The summed E-state index contributed by atoms with van der Waals surface area (Å²) in [6.07, 6.45) is 4.45. The first-order valence-corrected chi connectivity index (χ1v) is 11.3. The van der Waals surface area contributed by atoms with E-state index >= 15 is 0 Å². The highest BCUT2D eigenvalue weighted by atomic mass is 32.2. The van der Waals surface area contributed by atoms with Gasteiger partial charge >= 0.3 is 5.97 Å². The number of ether oxygens (including phenoxy) is 1. The fraction of sp³-hybridized carbons (Fsp3) is 0.600. The summed E-state index contributed by atoms with van der Waals surface area (Å²) >= 11 is 0. The lowest BCUT2D eigenvalue weighted by atomic mass is 10.1. The van der Waals surface area contributed by atoms with Crippen LogP contribution in [0.4, 0.5) is 0 Å². The number of sulfonamides is 1. The van der Waals surface area contributed by atoms with Gasteiger partial charge in [-0.2, -0.15) is 4.31 Å². The van der Waals surface area contributed by atoms with Crippen molar-refractivity contribution in [2.24, 2.45) is 0 Å². The minimum Gasteiger partial charge on any atom is -0.452 e. The third kappa shape index (κ3) is 5.78. The molecule has 1 aromatic carbocycles. The van der Waals surface area contributed by atoms with Crippen molar-refractivity contribution >= 4 is 21.9 Å². The van der Waals surface area contributed by atoms with Crippen molar-refractivity contribution in [1.82, 2.24) is 9.62 Å². The van der Waals surface area contributed by atoms with Gasteiger partial charge in [0.2, 0.25) is 10.0 Å². The Kier molecular flexibility index (Phi) is 8.00. The summed E-state index contributed by atoms with van der Waals surface area (Å²) in [7, 11) is -3.67. The molecule has 8 heteroatoms. The van der Waals surface area contributed by atoms with Gasteiger partial charge in [-0.25, -0.2) is 13.2 Å². The highest BCUT2D eigenvalue weighted by Crippen LogP contribution is 2.25. The van der Waals surface area contributed by atoms with Crippen molar-refractivity contribution in [3.05, 3.63) is 29.8 Å². The standard InChI is InChI=1S/C20H30N2O5S/c1-4-8-15(2)21-19(23)14-27-20(24)17-10-7-11-18(13-17)28(25,26)22-12-6-5-9-16(22)3/h7,10-11,13,15-16H,4-6,8-9,12,14H2,1-3H3,(H,21,23)/t15-,16-/m0/s1. The average Bonchev–Trinajstić information content (AvgIpc) is 2.66. The predicted octanol–water partition coefficient (Wildman–Crippen LogP) is 2.71. The number of hydrogen-bond donors (Lipinski definition) is 1. The Morgan fingerprint density at radius 3 is 2.75 bits per heavy atom. The van der Waals surface area contributed by atoms with Gasteiger partial charge in [0.25, 0.3) is 5.91 Å². The van der Waals surface area contributed by atoms with Gasteiger partial charge in [-0.1, -0.05) is 25.8 Å². The molecular weight excluding hydrogens is 380 g/mol. The van der Waals surface area contributed by atoms with E-state index in [-0.39, 0.29) is 28.4 Å². The lowest BCUT2D eigenvalue weighted by molar-refractivity contribution is -0.124. The molecule has 0 aromatic heterocycles. The highest BCUT2D eigenvalue weighted by molar-refractivity contribution is 7.89. The second kappa shape index (κ2) is 10.0. The van der Waals surface area contributed by atoms with Crippen LogP contribution in [0.5, 0.6) is 0 Å². The van der Waals surface area contributed by atoms with Crippen LogP contribution in [-0.4, -0.2) is 49.8 Å². The van der Waals surface area contributed by atoms with E-state index in [1.807, 2.05) is 20.8 Å². The molecule has 0 saturated carbocycles. The number of hydrogen-bond acceptors (Lipinski definition) is 5. The van der Waals surface area contributed by atoms with Crippen LogP contribution >= 0.6 is 0 Å². The molecule has 1 aromatic rings. The lowest BCUT2D eigenvalue weighted by Gasteiger charge is -2.32. The Labute approximate surface area is 167 Å². The number of esters is 1. The molecule has 1 aliphatic rings. The van der Waals surface area contributed by atoms with E-state index in [9.17, 15) is 18.0 Å². The van der Waals surface area contributed by atoms with Gasteiger partial charge < -0.3 is 10.1 Å². The van der Waals surface area contributed by atoms with Gasteiger partial charge in [0, 0.05) is 18.6 Å². The Bertz CT molecular complexity index is 794. The normalized spacial score (nSPS) is 19.0. The molecule has 1 saturated heterocycles. The Hall–Kier alpha value is -1.93. The molecule has 7 nitrogen and oxygen atoms in total. The van der Waals surface area contributed by atoms with E-state index in [2.05, 4.69) is 5.32 Å². The smallest absolute Gasteiger partial charge is 0.338 e. The second-order valence-corrected chi connectivity index (χ2v) is 9.21. The fourth-order valence-corrected chi connectivity index (χ4v) is 5.13. The number of rotatable bonds is 8. The van der Waals surface area contributed by atoms with Crippen molar-refractivity contribution in [2.75, 3.05) is 13.2 Å². The molecule has 1 fully saturated rings. The molecule has 28 heavy (non-hydrogen) atoms. The van der Waals surface area contributed by atoms with Gasteiger partial charge in [0.15, 0.2) is 6.61 Å². The molecule has 156 valence electrons. The van der Waals surface area contributed by atoms with Gasteiger partial charge in [0.05, 0.1) is 10.5 Å². The largest absolute Gasteiger partial charge is 0.452 e. The first-order valence-electron chi connectivity index (χ1n) is 9.84. The van der Waals surface area contributed by atoms with Crippen LogP contribution in [0, 0.1) is 0 Å². The number of nitrogens with zero attached hydrogens (tertiary/aromatic N) is 1. The molecule has 1 aliphatic heterocycles. The third-order valence-electron chi connectivity index (χ3n) is 4.88. The zero-order valence-electron chi connectivity index (χ0n) is 16.8. The summed E-state index contributed by atoms with van der Waals surface area (Å²) < 4.78 is 32.4. The number of benzene rings is 1. The number of piperidine rings is 1. The van der Waals surface area contributed by atoms with Crippen molar-refractivity contribution in [3.8, 4) is 0 Å². The van der Waals surface area contributed by atoms with Crippen LogP contribution in [0.3, 0.4) is 0 Å². The highest BCUT2D eigenvalue weighted by Gasteiger charge is 2.31. The summed E-state index contributed by atoms with van der Waals surface area (Å²) in [5.74, 6) is -1.10. The zero-order valence-corrected chi connectivity index (χ0v) is 17.6. The van der Waals surface area contributed by atoms with E-state index < -0.39 is 22.6 Å². The summed E-state index contributed by atoms with van der Waals surface area (Å²) in [5.41, 5.74) is 0.111. The van der Waals surface area contributed by atoms with E-state index in [1.54, 1.807) is 0 Å². The molecule has 0 radical (unpaired) electrons. The molecule has 2 atom stereocenters. The van der Waals surface area contributed by atoms with Crippen molar-refractivity contribution in [2.45, 2.75) is 69.9 Å². The van der Waals surface area contributed by atoms with Crippen LogP contribution < -0.4 is 5.32 Å². The minimum absolute atomic E-state index is 0.0104. The topological polar surface area (TPSA) is 92.8 Å². The Morgan fingerprint density at radius 1 is 1.32 bits per heavy atom. The third-order valence-corrected chi connectivity index (χ3v) is 6.89. The quantitative estimate of drug-likeness (QED) is 0.665. The van der Waals surface area contributed by atoms with Crippen molar-refractivity contribution < 1.29 is 22.7 Å². The SMILES string of the molecule is CCC[C@H](C)NC(=O)COC(=O)c1cccc(S(=O)(=O)N2CCCC[C@@H]2C)c1. The minimum atomic E-state index is -3.67. The maximum atomic E-state index is 12.9. The Balaban J connectivity index is 2.04. The predicted molar refractivity (Wildman–Crippen MR) is 106 cm³/mol. The molecule has 0 aliphatic carbocycles. The molecule has 1 amide bonds. The monoisotopic (exact) mass is 410 g/mol. The zero-order chi connectivity index (χ0) is 20.7. The van der Waals surface area contributed by atoms with Crippen LogP contribution in [0.2, 0.25) is 0 Å². The van der Waals surface area contributed by atoms with E-state index in [0.717, 1.165) is 32.1 Å². The Morgan fingerprint density at radius 2 is 2.07 bits per heavy atom. The number of nitrogens with one attached hydrogen (secondary N) is 1. The molecular formula is C20H30N2O5S. The van der Waals surface area contributed by atoms with Gasteiger partial charge in [-0.3, -0.25) is 4.79 Å². The molecule has 0 spiro atoms. The number of amides is 1. The molecule has 1 heterocycles. The molecule has 0 unspecified atom stereocenters. The number of carbonyl (C=O) groups excluding carboxylic acids is 2. The van der Waals surface area contributed by atoms with E-state index in [4.69, 9.17) is 4.74 Å². The second-order valence-electron chi connectivity index (χ2n) is 7.32. The van der Waals surface area contributed by atoms with Gasteiger partial charge in [-0.05, 0) is 51.3 Å². The van der Waals surface area contributed by atoms with Crippen LogP contribution in [0.1, 0.15) is 63.2 Å². The lowest BCUT2D eigenvalue weighted by Crippen LogP contribution is -2.41. The molecule has 1 N–H and O–H groups in total. The van der Waals surface area contributed by atoms with Crippen molar-refractivity contribution in [3.63, 3.8) is 0 Å². The van der Waals surface area contributed by atoms with Crippen LogP contribution in [-0.2, 0) is 19.6 Å². The van der Waals surface area contributed by atoms with Crippen LogP contribution in [0.15, 0.2) is 29.2 Å². The maximum Gasteiger partial charge on any atom is 0.338 e. The van der Waals surface area contributed by atoms with Gasteiger partial charge in [0.1, 0.15) is 0 Å². The summed E-state index contributed by atoms with van der Waals surface area (Å²) in [6, 6.07) is 5.74. The average molecular weight is 411 g/mol. The van der Waals surface area contributed by atoms with Gasteiger partial charge in [-0.15, -0.1) is 0 Å². The first kappa shape index (κ1) is 22.4. The van der Waals surface area contributed by atoms with E-state index in [0.29, 0.717) is 6.54 Å². The van der Waals surface area contributed by atoms with Crippen molar-refractivity contribution in [1.29, 1.82) is 0 Å². The van der Waals surface area contributed by atoms with Crippen LogP contribution in [0.25, 0.3) is 0 Å². The first-order chi connectivity index (χ1) is 13.3. The molecule has 0 bridgehead atoms. The maximum absolute atomic E-state index is 12.9.